The van der Waals surface area contributed by atoms with Crippen LogP contribution in [-0.4, -0.2) is 39.9 Å². The van der Waals surface area contributed by atoms with Crippen LogP contribution in [0.4, 0.5) is 0 Å². The van der Waals surface area contributed by atoms with Gasteiger partial charge < -0.3 is 10.2 Å². The number of hydrogen-bond donors (Lipinski definition) is 2. The summed E-state index contributed by atoms with van der Waals surface area (Å²) in [5.74, 6) is 0.780. The highest BCUT2D eigenvalue weighted by molar-refractivity contribution is 7.89. The molecule has 0 bridgehead atoms. The molecule has 0 fully saturated rings. The van der Waals surface area contributed by atoms with Crippen LogP contribution in [0, 0.1) is 6.92 Å². The molecule has 0 amide bonds. The number of rotatable bonds is 7. The fraction of sp³-hybridized carbons (Fsp3) is 0.350. The van der Waals surface area contributed by atoms with Crippen molar-refractivity contribution in [1.29, 1.82) is 0 Å². The Morgan fingerprint density at radius 2 is 1.89 bits per heavy atom. The van der Waals surface area contributed by atoms with Gasteiger partial charge in [-0.05, 0) is 49.7 Å². The summed E-state index contributed by atoms with van der Waals surface area (Å²) in [7, 11) is -0.0532. The second kappa shape index (κ2) is 9.53. The Morgan fingerprint density at radius 3 is 2.56 bits per heavy atom. The molecule has 0 saturated heterocycles. The smallest absolute Gasteiger partial charge is 0.240 e. The molecule has 0 heterocycles. The third-order valence-corrected chi connectivity index (χ3v) is 5.67. The Labute approximate surface area is 162 Å². The van der Waals surface area contributed by atoms with Gasteiger partial charge >= 0.3 is 0 Å². The second-order valence-corrected chi connectivity index (χ2v) is 8.19. The van der Waals surface area contributed by atoms with Crippen molar-refractivity contribution < 1.29 is 8.42 Å². The number of nitrogens with one attached hydrogen (secondary N) is 2. The molecule has 0 spiro atoms. The lowest BCUT2D eigenvalue weighted by Crippen LogP contribution is -2.38. The van der Waals surface area contributed by atoms with E-state index in [0.717, 1.165) is 24.6 Å². The Hall–Kier alpha value is -2.38. The first-order valence-corrected chi connectivity index (χ1v) is 10.4. The van der Waals surface area contributed by atoms with Gasteiger partial charge in [0, 0.05) is 20.1 Å². The van der Waals surface area contributed by atoms with Gasteiger partial charge in [-0.2, -0.15) is 0 Å². The van der Waals surface area contributed by atoms with E-state index in [4.69, 9.17) is 0 Å². The molecule has 0 atom stereocenters. The summed E-state index contributed by atoms with van der Waals surface area (Å²) in [4.78, 5) is 6.99. The van der Waals surface area contributed by atoms with E-state index in [1.54, 1.807) is 18.2 Å². The average Bonchev–Trinajstić information content (AvgIpc) is 2.67. The van der Waals surface area contributed by atoms with Gasteiger partial charge in [0.25, 0.3) is 0 Å². The van der Waals surface area contributed by atoms with Gasteiger partial charge in [0.2, 0.25) is 10.0 Å². The first-order chi connectivity index (χ1) is 12.9. The topological polar surface area (TPSA) is 73.8 Å². The summed E-state index contributed by atoms with van der Waals surface area (Å²) in [6, 6.07) is 15.1. The number of sulfonamides is 1. The lowest BCUT2D eigenvalue weighted by molar-refractivity contribution is 0.475. The molecule has 0 aliphatic heterocycles. The van der Waals surface area contributed by atoms with Gasteiger partial charge in [0.15, 0.2) is 5.96 Å². The molecule has 6 nitrogen and oxygen atoms in total. The molecule has 7 heteroatoms. The first kappa shape index (κ1) is 20.9. The SMILES string of the molecule is CCNC(=NCc1cccc(S(=O)(=O)NC)c1)N(C)Cc1ccccc1C. The molecule has 0 aliphatic rings. The molecule has 0 radical (unpaired) electrons. The highest BCUT2D eigenvalue weighted by Gasteiger charge is 2.12. The lowest BCUT2D eigenvalue weighted by Gasteiger charge is -2.23. The Kier molecular flexibility index (Phi) is 7.38. The molecule has 2 aromatic rings. The minimum absolute atomic E-state index is 0.246. The van der Waals surface area contributed by atoms with Crippen LogP contribution in [0.2, 0.25) is 0 Å². The third-order valence-electron chi connectivity index (χ3n) is 4.25. The molecule has 0 unspecified atom stereocenters. The second-order valence-electron chi connectivity index (χ2n) is 6.31. The maximum atomic E-state index is 12.0. The Balaban J connectivity index is 2.18. The number of aryl methyl sites for hydroxylation is 1. The molecule has 2 rings (SSSR count). The van der Waals surface area contributed by atoms with Crippen molar-refractivity contribution in [3.63, 3.8) is 0 Å². The van der Waals surface area contributed by atoms with Crippen LogP contribution in [-0.2, 0) is 23.1 Å². The molecule has 2 aromatic carbocycles. The van der Waals surface area contributed by atoms with Crippen molar-refractivity contribution in [2.24, 2.45) is 4.99 Å². The zero-order valence-electron chi connectivity index (χ0n) is 16.4. The Morgan fingerprint density at radius 1 is 1.15 bits per heavy atom. The third kappa shape index (κ3) is 5.80. The van der Waals surface area contributed by atoms with Crippen molar-refractivity contribution in [3.05, 3.63) is 65.2 Å². The van der Waals surface area contributed by atoms with Gasteiger partial charge in [-0.1, -0.05) is 36.4 Å². The van der Waals surface area contributed by atoms with Crippen LogP contribution in [0.15, 0.2) is 58.4 Å². The molecule has 146 valence electrons. The van der Waals surface area contributed by atoms with Crippen molar-refractivity contribution in [2.75, 3.05) is 20.6 Å². The molecule has 27 heavy (non-hydrogen) atoms. The van der Waals surface area contributed by atoms with E-state index in [-0.39, 0.29) is 4.90 Å². The van der Waals surface area contributed by atoms with E-state index in [9.17, 15) is 8.42 Å². The van der Waals surface area contributed by atoms with Crippen molar-refractivity contribution in [3.8, 4) is 0 Å². The lowest BCUT2D eigenvalue weighted by atomic mass is 10.1. The van der Waals surface area contributed by atoms with Gasteiger partial charge in [-0.15, -0.1) is 0 Å². The van der Waals surface area contributed by atoms with Crippen molar-refractivity contribution in [2.45, 2.75) is 31.8 Å². The van der Waals surface area contributed by atoms with E-state index in [1.807, 2.05) is 32.2 Å². The molecule has 0 saturated carbocycles. The number of nitrogens with zero attached hydrogens (tertiary/aromatic N) is 2. The van der Waals surface area contributed by atoms with E-state index in [1.165, 1.54) is 18.2 Å². The van der Waals surface area contributed by atoms with E-state index in [0.29, 0.717) is 6.54 Å². The predicted octanol–water partition coefficient (Wildman–Crippen LogP) is 2.50. The number of aliphatic imine (C=N–C) groups is 1. The van der Waals surface area contributed by atoms with E-state index in [2.05, 4.69) is 39.0 Å². The summed E-state index contributed by atoms with van der Waals surface area (Å²) in [5.41, 5.74) is 3.32. The van der Waals surface area contributed by atoms with E-state index < -0.39 is 10.0 Å². The zero-order valence-corrected chi connectivity index (χ0v) is 17.2. The van der Waals surface area contributed by atoms with Crippen molar-refractivity contribution >= 4 is 16.0 Å². The van der Waals surface area contributed by atoms with Crippen LogP contribution in [0.3, 0.4) is 0 Å². The number of hydrogen-bond acceptors (Lipinski definition) is 3. The summed E-state index contributed by atoms with van der Waals surface area (Å²) >= 11 is 0. The van der Waals surface area contributed by atoms with Gasteiger partial charge in [0.05, 0.1) is 11.4 Å². The van der Waals surface area contributed by atoms with Crippen LogP contribution in [0.25, 0.3) is 0 Å². The van der Waals surface area contributed by atoms with Crippen LogP contribution < -0.4 is 10.0 Å². The van der Waals surface area contributed by atoms with E-state index >= 15 is 0 Å². The number of guanidine groups is 1. The van der Waals surface area contributed by atoms with Gasteiger partial charge in [-0.3, -0.25) is 0 Å². The quantitative estimate of drug-likeness (QED) is 0.565. The van der Waals surface area contributed by atoms with Crippen molar-refractivity contribution in [1.82, 2.24) is 14.9 Å². The molecule has 0 aromatic heterocycles. The molecular weight excluding hydrogens is 360 g/mol. The minimum atomic E-state index is -3.46. The summed E-state index contributed by atoms with van der Waals surface area (Å²) in [6.07, 6.45) is 0. The average molecular weight is 389 g/mol. The minimum Gasteiger partial charge on any atom is -0.357 e. The summed E-state index contributed by atoms with van der Waals surface area (Å²) in [6.45, 7) is 6.02. The largest absolute Gasteiger partial charge is 0.357 e. The molecular formula is C20H28N4O2S. The molecule has 2 N–H and O–H groups in total. The highest BCUT2D eigenvalue weighted by Crippen LogP contribution is 2.13. The van der Waals surface area contributed by atoms with Crippen LogP contribution in [0.5, 0.6) is 0 Å². The van der Waals surface area contributed by atoms with Gasteiger partial charge in [0.1, 0.15) is 0 Å². The Bertz CT molecular complexity index is 894. The fourth-order valence-electron chi connectivity index (χ4n) is 2.68. The highest BCUT2D eigenvalue weighted by atomic mass is 32.2. The normalized spacial score (nSPS) is 12.1. The number of benzene rings is 2. The van der Waals surface area contributed by atoms with Crippen LogP contribution in [0.1, 0.15) is 23.6 Å². The molecule has 0 aliphatic carbocycles. The summed E-state index contributed by atoms with van der Waals surface area (Å²) in [5, 5.41) is 3.29. The standard InChI is InChI=1S/C20H28N4O2S/c1-5-22-20(24(4)15-18-11-7-6-9-16(18)2)23-14-17-10-8-12-19(13-17)27(25,26)21-3/h6-13,21H,5,14-15H2,1-4H3,(H,22,23). The monoisotopic (exact) mass is 388 g/mol. The fourth-order valence-corrected chi connectivity index (χ4v) is 3.48. The zero-order chi connectivity index (χ0) is 19.9. The predicted molar refractivity (Wildman–Crippen MR) is 110 cm³/mol. The maximum absolute atomic E-state index is 12.0. The first-order valence-electron chi connectivity index (χ1n) is 8.93. The van der Waals surface area contributed by atoms with Gasteiger partial charge in [-0.25, -0.2) is 18.1 Å². The summed E-state index contributed by atoms with van der Waals surface area (Å²) < 4.78 is 26.3. The maximum Gasteiger partial charge on any atom is 0.240 e. The van der Waals surface area contributed by atoms with Crippen LogP contribution >= 0.6 is 0 Å².